The summed E-state index contributed by atoms with van der Waals surface area (Å²) in [6.07, 6.45) is 5.71. The van der Waals surface area contributed by atoms with Crippen molar-refractivity contribution in [3.8, 4) is 0 Å². The van der Waals surface area contributed by atoms with Gasteiger partial charge < -0.3 is 4.90 Å². The van der Waals surface area contributed by atoms with Crippen LogP contribution in [0, 0.1) is 0 Å². The van der Waals surface area contributed by atoms with Crippen molar-refractivity contribution in [3.63, 3.8) is 0 Å². The zero-order chi connectivity index (χ0) is 8.55. The van der Waals surface area contributed by atoms with Crippen LogP contribution in [0.25, 0.3) is 0 Å². The minimum absolute atomic E-state index is 0.602. The first kappa shape index (κ1) is 7.84. The van der Waals surface area contributed by atoms with Crippen LogP contribution in [0.4, 0.5) is 0 Å². The molecule has 2 aliphatic heterocycles. The summed E-state index contributed by atoms with van der Waals surface area (Å²) in [6, 6.07) is 0.602. The molecule has 2 rings (SSSR count). The Morgan fingerprint density at radius 1 is 1.50 bits per heavy atom. The average Bonchev–Trinajstić information content (AvgIpc) is 2.49. The van der Waals surface area contributed by atoms with Gasteiger partial charge in [-0.2, -0.15) is 0 Å². The van der Waals surface area contributed by atoms with Crippen LogP contribution < -0.4 is 0 Å². The summed E-state index contributed by atoms with van der Waals surface area (Å²) in [4.78, 5) is 6.86. The minimum atomic E-state index is 0.602. The lowest BCUT2D eigenvalue weighted by Gasteiger charge is -2.32. The highest BCUT2D eigenvalue weighted by molar-refractivity contribution is 5.67. The van der Waals surface area contributed by atoms with E-state index in [2.05, 4.69) is 23.7 Å². The van der Waals surface area contributed by atoms with Crippen molar-refractivity contribution in [1.82, 2.24) is 4.90 Å². The lowest BCUT2D eigenvalue weighted by molar-refractivity contribution is 0.261. The van der Waals surface area contributed by atoms with E-state index in [4.69, 9.17) is 0 Å². The average molecular weight is 164 g/mol. The molecule has 2 heteroatoms. The maximum absolute atomic E-state index is 4.44. The first-order chi connectivity index (χ1) is 5.79. The van der Waals surface area contributed by atoms with Gasteiger partial charge in [-0.25, -0.2) is 4.99 Å². The molecule has 0 saturated heterocycles. The number of hydrogen-bond acceptors (Lipinski definition) is 2. The number of aliphatic imine (C=N–C) groups is 1. The molecule has 2 nitrogen and oxygen atoms in total. The Morgan fingerprint density at radius 3 is 3.08 bits per heavy atom. The second kappa shape index (κ2) is 2.92. The first-order valence-electron chi connectivity index (χ1n) is 4.80. The molecule has 0 aromatic heterocycles. The maximum Gasteiger partial charge on any atom is 0.127 e. The number of allylic oxidation sites excluding steroid dienone is 1. The van der Waals surface area contributed by atoms with Crippen LogP contribution in [0.1, 0.15) is 33.1 Å². The molecule has 2 heterocycles. The molecule has 0 spiro atoms. The molecule has 0 bridgehead atoms. The van der Waals surface area contributed by atoms with E-state index in [1.807, 2.05) is 6.21 Å². The highest BCUT2D eigenvalue weighted by Gasteiger charge is 2.23. The second-order valence-electron chi connectivity index (χ2n) is 3.83. The first-order valence-corrected chi connectivity index (χ1v) is 4.80. The Bertz CT molecular complexity index is 238. The van der Waals surface area contributed by atoms with E-state index in [1.54, 1.807) is 5.57 Å². The topological polar surface area (TPSA) is 15.6 Å². The highest BCUT2D eigenvalue weighted by Crippen LogP contribution is 2.29. The van der Waals surface area contributed by atoms with E-state index in [0.29, 0.717) is 6.04 Å². The second-order valence-corrected chi connectivity index (χ2v) is 3.83. The molecular weight excluding hydrogens is 148 g/mol. The van der Waals surface area contributed by atoms with Crippen molar-refractivity contribution in [3.05, 3.63) is 11.4 Å². The van der Waals surface area contributed by atoms with Gasteiger partial charge in [0.15, 0.2) is 0 Å². The van der Waals surface area contributed by atoms with Crippen molar-refractivity contribution in [2.24, 2.45) is 4.99 Å². The van der Waals surface area contributed by atoms with Crippen molar-refractivity contribution in [2.75, 3.05) is 6.54 Å². The molecule has 0 unspecified atom stereocenters. The zero-order valence-corrected chi connectivity index (χ0v) is 7.88. The van der Waals surface area contributed by atoms with E-state index in [-0.39, 0.29) is 0 Å². The molecule has 66 valence electrons. The Labute approximate surface area is 74.0 Å². The van der Waals surface area contributed by atoms with Gasteiger partial charge in [-0.05, 0) is 32.3 Å². The standard InChI is InChI=1S/C10H16N2/c1-8(2)12-7-3-4-9-5-6-11-10(9)12/h6,8H,3-5,7H2,1-2H3. The van der Waals surface area contributed by atoms with Crippen LogP contribution in [0.2, 0.25) is 0 Å². The van der Waals surface area contributed by atoms with Gasteiger partial charge in [0.05, 0.1) is 0 Å². The summed E-state index contributed by atoms with van der Waals surface area (Å²) in [6.45, 7) is 5.67. The number of nitrogens with zero attached hydrogens (tertiary/aromatic N) is 2. The van der Waals surface area contributed by atoms with Crippen molar-refractivity contribution < 1.29 is 0 Å². The lowest BCUT2D eigenvalue weighted by Crippen LogP contribution is -2.33. The molecule has 0 atom stereocenters. The van der Waals surface area contributed by atoms with E-state index >= 15 is 0 Å². The van der Waals surface area contributed by atoms with Crippen LogP contribution in [0.5, 0.6) is 0 Å². The number of rotatable bonds is 1. The van der Waals surface area contributed by atoms with Crippen LogP contribution >= 0.6 is 0 Å². The summed E-state index contributed by atoms with van der Waals surface area (Å²) in [5, 5.41) is 0. The molecule has 0 aromatic carbocycles. The van der Waals surface area contributed by atoms with Gasteiger partial charge in [0.2, 0.25) is 0 Å². The predicted octanol–water partition coefficient (Wildman–Crippen LogP) is 2.18. The third-order valence-electron chi connectivity index (χ3n) is 2.64. The fraction of sp³-hybridized carbons (Fsp3) is 0.700. The molecule has 0 amide bonds. The SMILES string of the molecule is CC(C)N1CCCC2=C1N=CC2. The third kappa shape index (κ3) is 1.15. The maximum atomic E-state index is 4.44. The summed E-state index contributed by atoms with van der Waals surface area (Å²) in [5.74, 6) is 1.27. The van der Waals surface area contributed by atoms with Gasteiger partial charge in [0, 0.05) is 25.2 Å². The van der Waals surface area contributed by atoms with Gasteiger partial charge in [0.1, 0.15) is 5.82 Å². The molecule has 0 aliphatic carbocycles. The van der Waals surface area contributed by atoms with Crippen LogP contribution in [-0.2, 0) is 0 Å². The fourth-order valence-corrected chi connectivity index (χ4v) is 1.99. The Hall–Kier alpha value is -0.790. The summed E-state index contributed by atoms with van der Waals surface area (Å²) in [5.41, 5.74) is 1.55. The Balaban J connectivity index is 2.24. The fourth-order valence-electron chi connectivity index (χ4n) is 1.99. The largest absolute Gasteiger partial charge is 0.354 e. The predicted molar refractivity (Wildman–Crippen MR) is 51.2 cm³/mol. The van der Waals surface area contributed by atoms with Crippen molar-refractivity contribution in [2.45, 2.75) is 39.2 Å². The van der Waals surface area contributed by atoms with Gasteiger partial charge in [-0.3, -0.25) is 0 Å². The summed E-state index contributed by atoms with van der Waals surface area (Å²) >= 11 is 0. The molecule has 12 heavy (non-hydrogen) atoms. The van der Waals surface area contributed by atoms with Crippen LogP contribution in [0.15, 0.2) is 16.4 Å². The molecule has 0 fully saturated rings. The summed E-state index contributed by atoms with van der Waals surface area (Å²) in [7, 11) is 0. The lowest BCUT2D eigenvalue weighted by atomic mass is 10.0. The third-order valence-corrected chi connectivity index (χ3v) is 2.64. The minimum Gasteiger partial charge on any atom is -0.354 e. The summed E-state index contributed by atoms with van der Waals surface area (Å²) < 4.78 is 0. The normalized spacial score (nSPS) is 22.4. The van der Waals surface area contributed by atoms with E-state index in [0.717, 1.165) is 6.42 Å². The quantitative estimate of drug-likeness (QED) is 0.580. The van der Waals surface area contributed by atoms with Gasteiger partial charge in [-0.1, -0.05) is 0 Å². The van der Waals surface area contributed by atoms with E-state index < -0.39 is 0 Å². The molecular formula is C10H16N2. The molecule has 2 aliphatic rings. The van der Waals surface area contributed by atoms with Gasteiger partial charge in [0.25, 0.3) is 0 Å². The Morgan fingerprint density at radius 2 is 2.33 bits per heavy atom. The van der Waals surface area contributed by atoms with E-state index in [1.165, 1.54) is 25.2 Å². The number of hydrogen-bond donors (Lipinski definition) is 0. The smallest absolute Gasteiger partial charge is 0.127 e. The van der Waals surface area contributed by atoms with Gasteiger partial charge >= 0.3 is 0 Å². The monoisotopic (exact) mass is 164 g/mol. The van der Waals surface area contributed by atoms with Crippen LogP contribution in [-0.4, -0.2) is 23.7 Å². The van der Waals surface area contributed by atoms with Crippen molar-refractivity contribution >= 4 is 6.21 Å². The van der Waals surface area contributed by atoms with Crippen molar-refractivity contribution in [1.29, 1.82) is 0 Å². The van der Waals surface area contributed by atoms with Crippen LogP contribution in [0.3, 0.4) is 0 Å². The molecule has 0 radical (unpaired) electrons. The molecule has 0 saturated carbocycles. The molecule has 0 aromatic rings. The van der Waals surface area contributed by atoms with E-state index in [9.17, 15) is 0 Å². The molecule has 0 N–H and O–H groups in total. The van der Waals surface area contributed by atoms with Gasteiger partial charge in [-0.15, -0.1) is 0 Å². The zero-order valence-electron chi connectivity index (χ0n) is 7.88. The Kier molecular flexibility index (Phi) is 1.91. The highest BCUT2D eigenvalue weighted by atomic mass is 15.2.